The number of nitrogens with two attached hydrogens (primary N) is 1. The van der Waals surface area contributed by atoms with E-state index in [4.69, 9.17) is 17.3 Å². The van der Waals surface area contributed by atoms with Gasteiger partial charge in [-0.15, -0.1) is 0 Å². The fourth-order valence-corrected chi connectivity index (χ4v) is 2.24. The Labute approximate surface area is 101 Å². The summed E-state index contributed by atoms with van der Waals surface area (Å²) in [6.07, 6.45) is 7.67. The summed E-state index contributed by atoms with van der Waals surface area (Å²) in [5, 5.41) is 0.572. The molecule has 88 valence electrons. The zero-order chi connectivity index (χ0) is 11.5. The molecule has 0 atom stereocenters. The first kappa shape index (κ1) is 11.6. The third kappa shape index (κ3) is 2.62. The first-order chi connectivity index (χ1) is 7.66. The predicted octanol–water partition coefficient (Wildman–Crippen LogP) is 1.84. The number of aromatic nitrogens is 2. The highest BCUT2D eigenvalue weighted by Gasteiger charge is 2.23. The lowest BCUT2D eigenvalue weighted by atomic mass is 9.91. The fourth-order valence-electron chi connectivity index (χ4n) is 2.14. The van der Waals surface area contributed by atoms with E-state index in [0.717, 1.165) is 31.6 Å². The number of rotatable bonds is 2. The van der Waals surface area contributed by atoms with Crippen LogP contribution in [-0.4, -0.2) is 29.1 Å². The molecule has 2 N–H and O–H groups in total. The van der Waals surface area contributed by atoms with Crippen molar-refractivity contribution in [1.29, 1.82) is 0 Å². The minimum atomic E-state index is 0.371. The van der Waals surface area contributed by atoms with Gasteiger partial charge in [0.25, 0.3) is 0 Å². The summed E-state index contributed by atoms with van der Waals surface area (Å²) < 4.78 is 0. The second-order valence-corrected chi connectivity index (χ2v) is 4.82. The molecule has 0 aromatic carbocycles. The lowest BCUT2D eigenvalue weighted by Gasteiger charge is -2.33. The van der Waals surface area contributed by atoms with E-state index < -0.39 is 0 Å². The number of halogens is 1. The van der Waals surface area contributed by atoms with Crippen molar-refractivity contribution in [1.82, 2.24) is 9.97 Å². The van der Waals surface area contributed by atoms with Crippen LogP contribution in [0.5, 0.6) is 0 Å². The van der Waals surface area contributed by atoms with E-state index in [1.54, 1.807) is 12.4 Å². The lowest BCUT2D eigenvalue weighted by molar-refractivity contribution is 0.382. The smallest absolute Gasteiger partial charge is 0.225 e. The van der Waals surface area contributed by atoms with Crippen LogP contribution in [-0.2, 0) is 0 Å². The summed E-state index contributed by atoms with van der Waals surface area (Å²) in [5.41, 5.74) is 5.89. The van der Waals surface area contributed by atoms with Crippen molar-refractivity contribution in [2.24, 2.45) is 5.73 Å². The number of nitrogens with zero attached hydrogens (tertiary/aromatic N) is 3. The van der Waals surface area contributed by atoms with Crippen LogP contribution in [0.2, 0.25) is 5.02 Å². The number of hydrogen-bond acceptors (Lipinski definition) is 4. The summed E-state index contributed by atoms with van der Waals surface area (Å²) in [7, 11) is 2.03. The molecule has 0 spiro atoms. The Morgan fingerprint density at radius 1 is 1.25 bits per heavy atom. The number of hydrogen-bond donors (Lipinski definition) is 1. The zero-order valence-electron chi connectivity index (χ0n) is 9.43. The Balaban J connectivity index is 2.01. The van der Waals surface area contributed by atoms with E-state index in [-0.39, 0.29) is 0 Å². The first-order valence-electron chi connectivity index (χ1n) is 5.63. The van der Waals surface area contributed by atoms with Crippen molar-refractivity contribution < 1.29 is 0 Å². The van der Waals surface area contributed by atoms with Crippen LogP contribution in [0.25, 0.3) is 0 Å². The standard InChI is InChI=1S/C11H17ClN4/c1-16(10-4-2-9(13)3-5-10)11-14-6-8(12)7-15-11/h6-7,9-10H,2-5,13H2,1H3. The molecular formula is C11H17ClN4. The summed E-state index contributed by atoms with van der Waals surface area (Å²) in [6.45, 7) is 0. The summed E-state index contributed by atoms with van der Waals surface area (Å²) in [4.78, 5) is 10.6. The molecule has 0 saturated heterocycles. The topological polar surface area (TPSA) is 55.0 Å². The highest BCUT2D eigenvalue weighted by Crippen LogP contribution is 2.23. The Kier molecular flexibility index (Phi) is 3.61. The quantitative estimate of drug-likeness (QED) is 0.857. The van der Waals surface area contributed by atoms with Crippen LogP contribution in [0.3, 0.4) is 0 Å². The second-order valence-electron chi connectivity index (χ2n) is 4.38. The third-order valence-corrected chi connectivity index (χ3v) is 3.41. The van der Waals surface area contributed by atoms with Gasteiger partial charge in [0.2, 0.25) is 5.95 Å². The van der Waals surface area contributed by atoms with Gasteiger partial charge in [0.15, 0.2) is 0 Å². The Hall–Kier alpha value is -0.870. The van der Waals surface area contributed by atoms with Gasteiger partial charge in [-0.25, -0.2) is 9.97 Å². The molecule has 0 unspecified atom stereocenters. The van der Waals surface area contributed by atoms with Crippen LogP contribution in [0.15, 0.2) is 12.4 Å². The number of anilines is 1. The molecule has 1 saturated carbocycles. The largest absolute Gasteiger partial charge is 0.341 e. The predicted molar refractivity (Wildman–Crippen MR) is 65.7 cm³/mol. The van der Waals surface area contributed by atoms with Crippen molar-refractivity contribution in [3.8, 4) is 0 Å². The third-order valence-electron chi connectivity index (χ3n) is 3.21. The first-order valence-corrected chi connectivity index (χ1v) is 6.00. The van der Waals surface area contributed by atoms with E-state index in [1.165, 1.54) is 0 Å². The molecule has 0 aliphatic heterocycles. The minimum Gasteiger partial charge on any atom is -0.341 e. The molecule has 2 rings (SSSR count). The maximum Gasteiger partial charge on any atom is 0.225 e. The van der Waals surface area contributed by atoms with Gasteiger partial charge < -0.3 is 10.6 Å². The van der Waals surface area contributed by atoms with Gasteiger partial charge in [-0.1, -0.05) is 11.6 Å². The normalized spacial score (nSPS) is 25.4. The van der Waals surface area contributed by atoms with Crippen molar-refractivity contribution >= 4 is 17.5 Å². The molecule has 1 aromatic rings. The van der Waals surface area contributed by atoms with E-state index in [1.807, 2.05) is 7.05 Å². The Morgan fingerprint density at radius 2 is 1.81 bits per heavy atom. The van der Waals surface area contributed by atoms with E-state index >= 15 is 0 Å². The molecule has 1 aliphatic carbocycles. The molecule has 1 aliphatic rings. The maximum atomic E-state index is 5.89. The van der Waals surface area contributed by atoms with Gasteiger partial charge in [0.1, 0.15) is 0 Å². The SMILES string of the molecule is CN(c1ncc(Cl)cn1)C1CCC(N)CC1. The van der Waals surface area contributed by atoms with Crippen LogP contribution < -0.4 is 10.6 Å². The molecule has 1 heterocycles. The highest BCUT2D eigenvalue weighted by molar-refractivity contribution is 6.30. The van der Waals surface area contributed by atoms with Crippen molar-refractivity contribution in [3.05, 3.63) is 17.4 Å². The van der Waals surface area contributed by atoms with Crippen molar-refractivity contribution in [3.63, 3.8) is 0 Å². The average Bonchev–Trinajstić information content (AvgIpc) is 2.30. The summed E-state index contributed by atoms with van der Waals surface area (Å²) in [5.74, 6) is 0.741. The molecule has 0 amide bonds. The van der Waals surface area contributed by atoms with Crippen LogP contribution >= 0.6 is 11.6 Å². The molecule has 1 aromatic heterocycles. The van der Waals surface area contributed by atoms with E-state index in [9.17, 15) is 0 Å². The molecular weight excluding hydrogens is 224 g/mol. The Bertz CT molecular complexity index is 332. The lowest BCUT2D eigenvalue weighted by Crippen LogP contribution is -2.39. The fraction of sp³-hybridized carbons (Fsp3) is 0.636. The monoisotopic (exact) mass is 240 g/mol. The van der Waals surface area contributed by atoms with Crippen molar-refractivity contribution in [2.75, 3.05) is 11.9 Å². The molecule has 1 fully saturated rings. The van der Waals surface area contributed by atoms with Gasteiger partial charge in [0.05, 0.1) is 17.4 Å². The highest BCUT2D eigenvalue weighted by atomic mass is 35.5. The van der Waals surface area contributed by atoms with Gasteiger partial charge in [-0.05, 0) is 25.7 Å². The minimum absolute atomic E-state index is 0.371. The van der Waals surface area contributed by atoms with E-state index in [0.29, 0.717) is 17.1 Å². The summed E-state index contributed by atoms with van der Waals surface area (Å²) in [6, 6.07) is 0.872. The average molecular weight is 241 g/mol. The molecule has 0 bridgehead atoms. The van der Waals surface area contributed by atoms with Crippen LogP contribution in [0.4, 0.5) is 5.95 Å². The van der Waals surface area contributed by atoms with Crippen LogP contribution in [0, 0.1) is 0 Å². The summed E-state index contributed by atoms with van der Waals surface area (Å²) >= 11 is 5.76. The molecule has 0 radical (unpaired) electrons. The van der Waals surface area contributed by atoms with Crippen molar-refractivity contribution in [2.45, 2.75) is 37.8 Å². The zero-order valence-corrected chi connectivity index (χ0v) is 10.2. The van der Waals surface area contributed by atoms with E-state index in [2.05, 4.69) is 14.9 Å². The van der Waals surface area contributed by atoms with Gasteiger partial charge in [0, 0.05) is 19.1 Å². The second kappa shape index (κ2) is 4.97. The van der Waals surface area contributed by atoms with Gasteiger partial charge in [-0.2, -0.15) is 0 Å². The molecule has 16 heavy (non-hydrogen) atoms. The van der Waals surface area contributed by atoms with Gasteiger partial charge >= 0.3 is 0 Å². The van der Waals surface area contributed by atoms with Gasteiger partial charge in [-0.3, -0.25) is 0 Å². The maximum absolute atomic E-state index is 5.89. The molecule has 4 nitrogen and oxygen atoms in total. The van der Waals surface area contributed by atoms with Crippen LogP contribution in [0.1, 0.15) is 25.7 Å². The Morgan fingerprint density at radius 3 is 2.38 bits per heavy atom. The molecule has 5 heteroatoms.